The molecule has 0 unspecified atom stereocenters. The van der Waals surface area contributed by atoms with E-state index in [1.807, 2.05) is 26.0 Å². The first kappa shape index (κ1) is 14.5. The van der Waals surface area contributed by atoms with Crippen LogP contribution in [0.25, 0.3) is 0 Å². The molecule has 106 valence electrons. The van der Waals surface area contributed by atoms with Crippen LogP contribution in [0.3, 0.4) is 0 Å². The monoisotopic (exact) mass is 273 g/mol. The smallest absolute Gasteiger partial charge is 0.165 e. The summed E-state index contributed by atoms with van der Waals surface area (Å²) in [7, 11) is 0. The molecule has 0 spiro atoms. The summed E-state index contributed by atoms with van der Waals surface area (Å²) in [6.45, 7) is 7.73. The van der Waals surface area contributed by atoms with Crippen molar-refractivity contribution in [3.8, 4) is 11.5 Å². The lowest BCUT2D eigenvalue weighted by Gasteiger charge is -2.12. The molecule has 2 nitrogen and oxygen atoms in total. The fourth-order valence-corrected chi connectivity index (χ4v) is 2.01. The van der Waals surface area contributed by atoms with Crippen LogP contribution >= 0.6 is 0 Å². The first-order valence-corrected chi connectivity index (χ1v) is 6.84. The maximum Gasteiger partial charge on any atom is 0.165 e. The van der Waals surface area contributed by atoms with Crippen LogP contribution in [-0.2, 0) is 6.54 Å². The number of nitrogens with one attached hydrogen (secondary N) is 1. The van der Waals surface area contributed by atoms with Gasteiger partial charge in [0, 0.05) is 6.54 Å². The van der Waals surface area contributed by atoms with E-state index >= 15 is 0 Å². The van der Waals surface area contributed by atoms with Gasteiger partial charge in [-0.15, -0.1) is 0 Å². The van der Waals surface area contributed by atoms with E-state index in [9.17, 15) is 4.39 Å². The highest BCUT2D eigenvalue weighted by atomic mass is 19.1. The number of hydrogen-bond donors (Lipinski definition) is 1. The Labute approximate surface area is 119 Å². The van der Waals surface area contributed by atoms with Gasteiger partial charge in [0.15, 0.2) is 11.6 Å². The molecule has 0 aliphatic carbocycles. The molecular weight excluding hydrogens is 253 g/mol. The van der Waals surface area contributed by atoms with Crippen molar-refractivity contribution < 1.29 is 9.13 Å². The molecule has 0 saturated carbocycles. The topological polar surface area (TPSA) is 21.3 Å². The third kappa shape index (κ3) is 3.58. The van der Waals surface area contributed by atoms with Crippen molar-refractivity contribution in [1.29, 1.82) is 0 Å². The molecule has 1 N–H and O–H groups in total. The molecule has 0 heterocycles. The van der Waals surface area contributed by atoms with Gasteiger partial charge in [-0.25, -0.2) is 4.39 Å². The first-order chi connectivity index (χ1) is 9.60. The van der Waals surface area contributed by atoms with Gasteiger partial charge in [0.1, 0.15) is 5.75 Å². The second kappa shape index (κ2) is 6.53. The first-order valence-electron chi connectivity index (χ1n) is 6.84. The SMILES string of the molecule is CCNCc1ccc(Oc2cc(C)ccc2F)c(C)c1. The minimum atomic E-state index is -0.341. The Bertz CT molecular complexity index is 596. The molecule has 3 heteroatoms. The summed E-state index contributed by atoms with van der Waals surface area (Å²) in [5.41, 5.74) is 3.17. The normalized spacial score (nSPS) is 10.6. The second-order valence-electron chi connectivity index (χ2n) is 4.92. The van der Waals surface area contributed by atoms with Gasteiger partial charge in [-0.05, 0) is 55.3 Å². The summed E-state index contributed by atoms with van der Waals surface area (Å²) in [6, 6.07) is 10.8. The standard InChI is InChI=1S/C17H20FNO/c1-4-19-11-14-6-8-16(13(3)10-14)20-17-9-12(2)5-7-15(17)18/h5-10,19H,4,11H2,1-3H3. The number of aryl methyl sites for hydroxylation is 2. The van der Waals surface area contributed by atoms with Crippen molar-refractivity contribution >= 4 is 0 Å². The van der Waals surface area contributed by atoms with Crippen molar-refractivity contribution in [1.82, 2.24) is 5.32 Å². The average molecular weight is 273 g/mol. The Balaban J connectivity index is 2.19. The van der Waals surface area contributed by atoms with Gasteiger partial charge >= 0.3 is 0 Å². The molecule has 0 aliphatic rings. The van der Waals surface area contributed by atoms with E-state index in [1.54, 1.807) is 12.1 Å². The molecule has 2 aromatic rings. The molecule has 0 aliphatic heterocycles. The van der Waals surface area contributed by atoms with Crippen LogP contribution in [0.5, 0.6) is 11.5 Å². The third-order valence-electron chi connectivity index (χ3n) is 3.13. The summed E-state index contributed by atoms with van der Waals surface area (Å²) in [5, 5.41) is 3.28. The van der Waals surface area contributed by atoms with Gasteiger partial charge in [-0.2, -0.15) is 0 Å². The van der Waals surface area contributed by atoms with Crippen LogP contribution in [0.15, 0.2) is 36.4 Å². The van der Waals surface area contributed by atoms with E-state index in [-0.39, 0.29) is 11.6 Å². The summed E-state index contributed by atoms with van der Waals surface area (Å²) in [6.07, 6.45) is 0. The lowest BCUT2D eigenvalue weighted by molar-refractivity contribution is 0.439. The van der Waals surface area contributed by atoms with Crippen molar-refractivity contribution in [3.63, 3.8) is 0 Å². The lowest BCUT2D eigenvalue weighted by Crippen LogP contribution is -2.11. The number of hydrogen-bond acceptors (Lipinski definition) is 2. The van der Waals surface area contributed by atoms with E-state index in [2.05, 4.69) is 18.3 Å². The summed E-state index contributed by atoms with van der Waals surface area (Å²) in [5.74, 6) is 0.619. The lowest BCUT2D eigenvalue weighted by atomic mass is 10.1. The van der Waals surface area contributed by atoms with E-state index < -0.39 is 0 Å². The van der Waals surface area contributed by atoms with Crippen molar-refractivity contribution in [2.75, 3.05) is 6.54 Å². The van der Waals surface area contributed by atoms with Crippen LogP contribution < -0.4 is 10.1 Å². The zero-order chi connectivity index (χ0) is 14.5. The maximum atomic E-state index is 13.7. The van der Waals surface area contributed by atoms with Crippen molar-refractivity contribution in [3.05, 3.63) is 58.9 Å². The Morgan fingerprint density at radius 3 is 2.55 bits per heavy atom. The van der Waals surface area contributed by atoms with E-state index in [4.69, 9.17) is 4.74 Å². The Hall–Kier alpha value is -1.87. The molecule has 0 amide bonds. The number of rotatable bonds is 5. The molecule has 0 radical (unpaired) electrons. The minimum absolute atomic E-state index is 0.271. The highest BCUT2D eigenvalue weighted by Crippen LogP contribution is 2.28. The third-order valence-corrected chi connectivity index (χ3v) is 3.13. The fourth-order valence-electron chi connectivity index (χ4n) is 2.01. The predicted octanol–water partition coefficient (Wildman–Crippen LogP) is 4.34. The van der Waals surface area contributed by atoms with Crippen LogP contribution in [0.1, 0.15) is 23.6 Å². The maximum absolute atomic E-state index is 13.7. The molecule has 0 saturated heterocycles. The van der Waals surface area contributed by atoms with Crippen molar-refractivity contribution in [2.45, 2.75) is 27.3 Å². The number of benzene rings is 2. The summed E-state index contributed by atoms with van der Waals surface area (Å²) >= 11 is 0. The quantitative estimate of drug-likeness (QED) is 0.874. The summed E-state index contributed by atoms with van der Waals surface area (Å²) in [4.78, 5) is 0. The molecule has 0 aromatic heterocycles. The second-order valence-corrected chi connectivity index (χ2v) is 4.92. The summed E-state index contributed by atoms with van der Waals surface area (Å²) < 4.78 is 19.4. The zero-order valence-corrected chi connectivity index (χ0v) is 12.2. The van der Waals surface area contributed by atoms with Crippen LogP contribution in [-0.4, -0.2) is 6.54 Å². The highest BCUT2D eigenvalue weighted by Gasteiger charge is 2.07. The molecule has 0 fully saturated rings. The van der Waals surface area contributed by atoms with Gasteiger partial charge in [0.05, 0.1) is 0 Å². The largest absolute Gasteiger partial charge is 0.454 e. The molecule has 2 rings (SSSR count). The van der Waals surface area contributed by atoms with Crippen LogP contribution in [0, 0.1) is 19.7 Å². The number of halogens is 1. The zero-order valence-electron chi connectivity index (χ0n) is 12.2. The van der Waals surface area contributed by atoms with Gasteiger partial charge in [-0.1, -0.05) is 25.1 Å². The molecule has 20 heavy (non-hydrogen) atoms. The van der Waals surface area contributed by atoms with Crippen molar-refractivity contribution in [2.24, 2.45) is 0 Å². The number of ether oxygens (including phenoxy) is 1. The van der Waals surface area contributed by atoms with E-state index in [0.29, 0.717) is 5.75 Å². The predicted molar refractivity (Wildman–Crippen MR) is 79.8 cm³/mol. The van der Waals surface area contributed by atoms with Gasteiger partial charge in [-0.3, -0.25) is 0 Å². The van der Waals surface area contributed by atoms with Gasteiger partial charge < -0.3 is 10.1 Å². The Morgan fingerprint density at radius 2 is 1.85 bits per heavy atom. The Morgan fingerprint density at radius 1 is 1.05 bits per heavy atom. The van der Waals surface area contributed by atoms with Gasteiger partial charge in [0.25, 0.3) is 0 Å². The highest BCUT2D eigenvalue weighted by molar-refractivity contribution is 5.41. The molecule has 2 aromatic carbocycles. The molecule has 0 bridgehead atoms. The Kier molecular flexibility index (Phi) is 4.74. The van der Waals surface area contributed by atoms with Crippen LogP contribution in [0.2, 0.25) is 0 Å². The average Bonchev–Trinajstić information content (AvgIpc) is 2.43. The minimum Gasteiger partial charge on any atom is -0.454 e. The van der Waals surface area contributed by atoms with Gasteiger partial charge in [0.2, 0.25) is 0 Å². The fraction of sp³-hybridized carbons (Fsp3) is 0.294. The van der Waals surface area contributed by atoms with Crippen LogP contribution in [0.4, 0.5) is 4.39 Å². The van der Waals surface area contributed by atoms with E-state index in [0.717, 1.165) is 24.2 Å². The van der Waals surface area contributed by atoms with E-state index in [1.165, 1.54) is 11.6 Å². The molecule has 0 atom stereocenters. The molecular formula is C17H20FNO.